The standard InChI is InChI=1S/C28H25N5O4S/c1-18-6-4-8-20(16-18)30-25(34)13-15-32-27(26(31-28(32)38)22-10-2-3-14-29-22)24-12-11-23(37-24)19-7-5-9-21(17-19)33(35)36/h2-12,14,16-17,26-27H,13,15H2,1H3,(H,30,34)(H,31,38)/t26-,27-/m0/s1. The van der Waals surface area contributed by atoms with Crippen LogP contribution in [0.1, 0.15) is 35.5 Å². The molecular weight excluding hydrogens is 502 g/mol. The number of aryl methyl sites for hydroxylation is 1. The molecule has 2 aromatic carbocycles. The van der Waals surface area contributed by atoms with Gasteiger partial charge in [0.15, 0.2) is 5.11 Å². The third kappa shape index (κ3) is 5.40. The van der Waals surface area contributed by atoms with Crippen molar-refractivity contribution in [3.05, 3.63) is 112 Å². The van der Waals surface area contributed by atoms with E-state index in [-0.39, 0.29) is 30.1 Å². The quantitative estimate of drug-likeness (QED) is 0.174. The normalized spacial score (nSPS) is 16.8. The van der Waals surface area contributed by atoms with Crippen LogP contribution in [0, 0.1) is 17.0 Å². The SMILES string of the molecule is Cc1cccc(NC(=O)CCN2C(=S)N[C@@H](c3ccccn3)[C@@H]2c2ccc(-c3cccc([N+](=O)[O-])c3)o2)c1. The van der Waals surface area contributed by atoms with Crippen LogP contribution < -0.4 is 10.6 Å². The molecule has 2 atom stereocenters. The van der Waals surface area contributed by atoms with Gasteiger partial charge in [-0.2, -0.15) is 0 Å². The number of nitrogens with zero attached hydrogens (tertiary/aromatic N) is 3. The number of amides is 1. The number of anilines is 1. The number of thiocarbonyl (C=S) groups is 1. The zero-order valence-corrected chi connectivity index (χ0v) is 21.4. The van der Waals surface area contributed by atoms with Crippen molar-refractivity contribution in [1.82, 2.24) is 15.2 Å². The number of nitrogens with one attached hydrogen (secondary N) is 2. The van der Waals surface area contributed by atoms with E-state index in [0.717, 1.165) is 16.9 Å². The molecule has 4 aromatic rings. The molecule has 0 bridgehead atoms. The number of carbonyl (C=O) groups excluding carboxylic acids is 1. The van der Waals surface area contributed by atoms with Crippen molar-refractivity contribution in [2.24, 2.45) is 0 Å². The van der Waals surface area contributed by atoms with E-state index in [4.69, 9.17) is 16.6 Å². The Hall–Kier alpha value is -4.57. The first-order valence-electron chi connectivity index (χ1n) is 12.1. The van der Waals surface area contributed by atoms with Gasteiger partial charge in [-0.25, -0.2) is 0 Å². The Balaban J connectivity index is 1.41. The Morgan fingerprint density at radius 1 is 1.13 bits per heavy atom. The van der Waals surface area contributed by atoms with Gasteiger partial charge < -0.3 is 20.0 Å². The summed E-state index contributed by atoms with van der Waals surface area (Å²) >= 11 is 5.68. The number of carbonyl (C=O) groups is 1. The van der Waals surface area contributed by atoms with Gasteiger partial charge in [0.1, 0.15) is 17.6 Å². The highest BCUT2D eigenvalue weighted by Crippen LogP contribution is 2.40. The summed E-state index contributed by atoms with van der Waals surface area (Å²) < 4.78 is 6.24. The highest BCUT2D eigenvalue weighted by Gasteiger charge is 2.41. The molecular formula is C28H25N5O4S. The van der Waals surface area contributed by atoms with Gasteiger partial charge >= 0.3 is 0 Å². The minimum Gasteiger partial charge on any atom is -0.459 e. The zero-order valence-electron chi connectivity index (χ0n) is 20.5. The maximum Gasteiger partial charge on any atom is 0.270 e. The van der Waals surface area contributed by atoms with Crippen LogP contribution in [0.3, 0.4) is 0 Å². The highest BCUT2D eigenvalue weighted by molar-refractivity contribution is 7.80. The topological polar surface area (TPSA) is 114 Å². The number of non-ortho nitro benzene ring substituents is 1. The first-order chi connectivity index (χ1) is 18.4. The summed E-state index contributed by atoms with van der Waals surface area (Å²) in [6, 6.07) is 22.5. The van der Waals surface area contributed by atoms with Crippen molar-refractivity contribution in [1.29, 1.82) is 0 Å². The first kappa shape index (κ1) is 25.1. The van der Waals surface area contributed by atoms with Crippen LogP contribution in [0.5, 0.6) is 0 Å². The third-order valence-electron chi connectivity index (χ3n) is 6.34. The molecule has 2 N–H and O–H groups in total. The van der Waals surface area contributed by atoms with Gasteiger partial charge in [0.25, 0.3) is 5.69 Å². The molecule has 0 saturated carbocycles. The number of hydrogen-bond acceptors (Lipinski definition) is 6. The molecule has 2 aromatic heterocycles. The second kappa shape index (κ2) is 10.8. The van der Waals surface area contributed by atoms with E-state index >= 15 is 0 Å². The van der Waals surface area contributed by atoms with Crippen LogP contribution in [0.25, 0.3) is 11.3 Å². The number of nitro groups is 1. The molecule has 38 heavy (non-hydrogen) atoms. The van der Waals surface area contributed by atoms with E-state index in [1.807, 2.05) is 60.4 Å². The van der Waals surface area contributed by atoms with E-state index in [2.05, 4.69) is 15.6 Å². The van der Waals surface area contributed by atoms with Crippen LogP contribution in [-0.2, 0) is 4.79 Å². The van der Waals surface area contributed by atoms with Crippen molar-refractivity contribution in [3.63, 3.8) is 0 Å². The minimum absolute atomic E-state index is 0.0169. The molecule has 9 nitrogen and oxygen atoms in total. The Bertz CT molecular complexity index is 1490. The lowest BCUT2D eigenvalue weighted by molar-refractivity contribution is -0.384. The minimum atomic E-state index is -0.437. The van der Waals surface area contributed by atoms with Crippen LogP contribution in [0.15, 0.2) is 89.5 Å². The fourth-order valence-electron chi connectivity index (χ4n) is 4.56. The molecule has 1 aliphatic rings. The number of nitro benzene ring substituents is 1. The van der Waals surface area contributed by atoms with E-state index in [0.29, 0.717) is 28.7 Å². The van der Waals surface area contributed by atoms with Crippen molar-refractivity contribution in [2.75, 3.05) is 11.9 Å². The molecule has 0 unspecified atom stereocenters. The van der Waals surface area contributed by atoms with Crippen LogP contribution in [0.4, 0.5) is 11.4 Å². The van der Waals surface area contributed by atoms with Gasteiger partial charge in [0, 0.05) is 42.5 Å². The smallest absolute Gasteiger partial charge is 0.270 e. The third-order valence-corrected chi connectivity index (χ3v) is 6.69. The predicted octanol–water partition coefficient (Wildman–Crippen LogP) is 5.56. The lowest BCUT2D eigenvalue weighted by atomic mass is 10.0. The van der Waals surface area contributed by atoms with Gasteiger partial charge in [0.05, 0.1) is 16.7 Å². The molecule has 192 valence electrons. The monoisotopic (exact) mass is 527 g/mol. The van der Waals surface area contributed by atoms with Gasteiger partial charge in [-0.15, -0.1) is 0 Å². The lowest BCUT2D eigenvalue weighted by Gasteiger charge is -2.25. The molecule has 5 rings (SSSR count). The number of hydrogen-bond donors (Lipinski definition) is 2. The zero-order chi connectivity index (χ0) is 26.6. The van der Waals surface area contributed by atoms with Crippen molar-refractivity contribution in [3.8, 4) is 11.3 Å². The van der Waals surface area contributed by atoms with Gasteiger partial charge in [-0.05, 0) is 61.1 Å². The van der Waals surface area contributed by atoms with Crippen molar-refractivity contribution >= 4 is 34.6 Å². The molecule has 0 spiro atoms. The maximum atomic E-state index is 12.8. The summed E-state index contributed by atoms with van der Waals surface area (Å²) in [6.45, 7) is 2.32. The second-order valence-electron chi connectivity index (χ2n) is 9.00. The van der Waals surface area contributed by atoms with Crippen LogP contribution in [-0.4, -0.2) is 32.4 Å². The Morgan fingerprint density at radius 2 is 1.97 bits per heavy atom. The summed E-state index contributed by atoms with van der Waals surface area (Å²) in [5.41, 5.74) is 3.16. The van der Waals surface area contributed by atoms with E-state index in [1.165, 1.54) is 12.1 Å². The van der Waals surface area contributed by atoms with E-state index in [9.17, 15) is 14.9 Å². The van der Waals surface area contributed by atoms with E-state index < -0.39 is 4.92 Å². The number of aromatic nitrogens is 1. The lowest BCUT2D eigenvalue weighted by Crippen LogP contribution is -2.32. The molecule has 1 saturated heterocycles. The Morgan fingerprint density at radius 3 is 2.74 bits per heavy atom. The second-order valence-corrected chi connectivity index (χ2v) is 9.38. The predicted molar refractivity (Wildman–Crippen MR) is 147 cm³/mol. The Kier molecular flexibility index (Phi) is 7.14. The Labute approximate surface area is 224 Å². The summed E-state index contributed by atoms with van der Waals surface area (Å²) in [5.74, 6) is 0.974. The largest absolute Gasteiger partial charge is 0.459 e. The summed E-state index contributed by atoms with van der Waals surface area (Å²) in [7, 11) is 0. The summed E-state index contributed by atoms with van der Waals surface area (Å²) in [5, 5.41) is 18.0. The summed E-state index contributed by atoms with van der Waals surface area (Å²) in [4.78, 5) is 30.0. The van der Waals surface area contributed by atoms with Crippen LogP contribution in [0.2, 0.25) is 0 Å². The van der Waals surface area contributed by atoms with Gasteiger partial charge in [0.2, 0.25) is 5.91 Å². The number of rotatable bonds is 8. The van der Waals surface area contributed by atoms with Crippen molar-refractivity contribution < 1.29 is 14.1 Å². The number of furan rings is 1. The molecule has 1 amide bonds. The number of benzene rings is 2. The molecule has 3 heterocycles. The molecule has 0 radical (unpaired) electrons. The average molecular weight is 528 g/mol. The van der Waals surface area contributed by atoms with Crippen molar-refractivity contribution in [2.45, 2.75) is 25.4 Å². The van der Waals surface area contributed by atoms with Gasteiger partial charge in [-0.3, -0.25) is 19.9 Å². The maximum absolute atomic E-state index is 12.8. The highest BCUT2D eigenvalue weighted by atomic mass is 32.1. The molecule has 1 fully saturated rings. The average Bonchev–Trinajstić information content (AvgIpc) is 3.52. The number of pyridine rings is 1. The fourth-order valence-corrected chi connectivity index (χ4v) is 4.90. The first-order valence-corrected chi connectivity index (χ1v) is 12.5. The summed E-state index contributed by atoms with van der Waals surface area (Å²) in [6.07, 6.45) is 1.92. The fraction of sp³-hybridized carbons (Fsp3) is 0.179. The molecule has 10 heteroatoms. The molecule has 1 aliphatic heterocycles. The van der Waals surface area contributed by atoms with Gasteiger partial charge in [-0.1, -0.05) is 30.3 Å². The van der Waals surface area contributed by atoms with Crippen LogP contribution >= 0.6 is 12.2 Å². The molecule has 0 aliphatic carbocycles. The van der Waals surface area contributed by atoms with E-state index in [1.54, 1.807) is 24.4 Å².